The van der Waals surface area contributed by atoms with Crippen molar-refractivity contribution < 1.29 is 9.13 Å². The van der Waals surface area contributed by atoms with Gasteiger partial charge in [0.1, 0.15) is 0 Å². The van der Waals surface area contributed by atoms with Crippen LogP contribution in [0.15, 0.2) is 158 Å². The molecule has 8 rings (SSSR count). The first kappa shape index (κ1) is 25.1. The Balaban J connectivity index is 1.55. The topological polar surface area (TPSA) is 40.6 Å². The van der Waals surface area contributed by atoms with Crippen LogP contribution in [0.2, 0.25) is 0 Å². The average Bonchev–Trinajstić information content (AvgIpc) is 3.06. The molecule has 0 fully saturated rings. The third kappa shape index (κ3) is 3.37. The normalized spacial score (nSPS) is 20.2. The smallest absolute Gasteiger partial charge is 0.234 e. The molecule has 2 aliphatic rings. The molecule has 6 heteroatoms. The number of hydrogen-bond donors (Lipinski definition) is 0. The van der Waals surface area contributed by atoms with Crippen LogP contribution in [0.1, 0.15) is 0 Å². The maximum atomic E-state index is 16.0. The van der Waals surface area contributed by atoms with E-state index in [9.17, 15) is 0 Å². The van der Waals surface area contributed by atoms with Gasteiger partial charge in [0.05, 0.1) is 11.4 Å². The number of anilines is 4. The van der Waals surface area contributed by atoms with Gasteiger partial charge in [-0.05, 0) is 72.8 Å². The van der Waals surface area contributed by atoms with Crippen molar-refractivity contribution in [1.29, 1.82) is 0 Å². The maximum Gasteiger partial charge on any atom is 0.234 e. The van der Waals surface area contributed by atoms with Crippen molar-refractivity contribution in [2.75, 3.05) is 9.34 Å². The van der Waals surface area contributed by atoms with Crippen LogP contribution in [-0.4, -0.2) is 0 Å². The summed E-state index contributed by atoms with van der Waals surface area (Å²) in [6.45, 7) is 0. The Labute approximate surface area is 245 Å². The molecule has 0 aliphatic carbocycles. The summed E-state index contributed by atoms with van der Waals surface area (Å²) in [4.78, 5) is 0. The van der Waals surface area contributed by atoms with Crippen LogP contribution in [0.25, 0.3) is 11.1 Å². The molecule has 4 nitrogen and oxygen atoms in total. The van der Waals surface area contributed by atoms with Gasteiger partial charge in [-0.1, -0.05) is 84.9 Å². The van der Waals surface area contributed by atoms with Crippen molar-refractivity contribution in [3.05, 3.63) is 158 Å². The molecule has 0 amide bonds. The fraction of sp³-hybridized carbons (Fsp3) is 0. The summed E-state index contributed by atoms with van der Waals surface area (Å²) in [5.74, 6) is 0. The van der Waals surface area contributed by atoms with E-state index in [1.807, 2.05) is 167 Å². The summed E-state index contributed by atoms with van der Waals surface area (Å²) in [6.07, 6.45) is 0. The molecule has 0 spiro atoms. The molecule has 202 valence electrons. The minimum Gasteiger partial charge on any atom is -0.289 e. The van der Waals surface area contributed by atoms with Gasteiger partial charge in [0.15, 0.2) is 0 Å². The lowest BCUT2D eigenvalue weighted by molar-refractivity contribution is 0.585. The summed E-state index contributed by atoms with van der Waals surface area (Å²) in [5.41, 5.74) is 5.02. The molecular formula is C36H26N2O2P2. The average molecular weight is 581 g/mol. The molecule has 42 heavy (non-hydrogen) atoms. The lowest BCUT2D eigenvalue weighted by atomic mass is 9.99. The van der Waals surface area contributed by atoms with E-state index >= 15 is 9.13 Å². The number of para-hydroxylation sites is 2. The lowest BCUT2D eigenvalue weighted by Crippen LogP contribution is -2.41. The summed E-state index contributed by atoms with van der Waals surface area (Å²) in [7, 11) is -6.90. The van der Waals surface area contributed by atoms with Gasteiger partial charge in [-0.3, -0.25) is 18.5 Å². The molecule has 0 bridgehead atoms. The van der Waals surface area contributed by atoms with Crippen molar-refractivity contribution in [2.24, 2.45) is 0 Å². The molecule has 0 saturated heterocycles. The number of rotatable bonds is 4. The minimum atomic E-state index is -3.45. The van der Waals surface area contributed by atoms with Crippen LogP contribution in [0, 0.1) is 0 Å². The third-order valence-corrected chi connectivity index (χ3v) is 14.2. The molecule has 2 aliphatic heterocycles. The van der Waals surface area contributed by atoms with E-state index in [0.717, 1.165) is 55.1 Å². The van der Waals surface area contributed by atoms with E-state index in [0.29, 0.717) is 0 Å². The molecule has 2 atom stereocenters. The number of benzene rings is 6. The second-order valence-corrected chi connectivity index (χ2v) is 15.6. The number of hydrogen-bond acceptors (Lipinski definition) is 2. The highest BCUT2D eigenvalue weighted by Crippen LogP contribution is 2.68. The highest BCUT2D eigenvalue weighted by molar-refractivity contribution is 7.82. The molecule has 2 unspecified atom stereocenters. The van der Waals surface area contributed by atoms with Crippen molar-refractivity contribution >= 4 is 58.6 Å². The van der Waals surface area contributed by atoms with Crippen LogP contribution in [0.4, 0.5) is 22.7 Å². The van der Waals surface area contributed by atoms with Gasteiger partial charge in [0.25, 0.3) is 0 Å². The van der Waals surface area contributed by atoms with E-state index in [4.69, 9.17) is 0 Å². The van der Waals surface area contributed by atoms with Gasteiger partial charge in [-0.2, -0.15) is 0 Å². The Kier molecular flexibility index (Phi) is 5.66. The Morgan fingerprint density at radius 2 is 0.690 bits per heavy atom. The second kappa shape index (κ2) is 9.46. The first-order valence-corrected chi connectivity index (χ1v) is 17.3. The molecule has 6 aromatic rings. The van der Waals surface area contributed by atoms with E-state index in [1.54, 1.807) is 0 Å². The SMILES string of the molecule is O=P1(c2ccccc2)c2cccc3c2-c2c(cccc2P(=O)(c2ccccc2)N3c2ccccc2)N1c1ccccc1. The first-order valence-electron chi connectivity index (χ1n) is 13.9. The van der Waals surface area contributed by atoms with Crippen molar-refractivity contribution in [1.82, 2.24) is 0 Å². The van der Waals surface area contributed by atoms with Gasteiger partial charge < -0.3 is 0 Å². The van der Waals surface area contributed by atoms with Crippen LogP contribution >= 0.6 is 14.6 Å². The molecular weight excluding hydrogens is 554 g/mol. The van der Waals surface area contributed by atoms with E-state index < -0.39 is 14.6 Å². The van der Waals surface area contributed by atoms with Crippen molar-refractivity contribution in [2.45, 2.75) is 0 Å². The zero-order valence-corrected chi connectivity index (χ0v) is 24.4. The summed E-state index contributed by atoms with van der Waals surface area (Å²) < 4.78 is 35.9. The van der Waals surface area contributed by atoms with Gasteiger partial charge in [0.2, 0.25) is 14.6 Å². The molecule has 0 radical (unpaired) electrons. The van der Waals surface area contributed by atoms with Crippen LogP contribution in [0.3, 0.4) is 0 Å². The molecule has 0 N–H and O–H groups in total. The Hall–Kier alpha value is -4.62. The largest absolute Gasteiger partial charge is 0.289 e. The zero-order valence-electron chi connectivity index (χ0n) is 22.6. The van der Waals surface area contributed by atoms with E-state index in [2.05, 4.69) is 0 Å². The van der Waals surface area contributed by atoms with Crippen molar-refractivity contribution in [3.63, 3.8) is 0 Å². The molecule has 6 aromatic carbocycles. The van der Waals surface area contributed by atoms with Gasteiger partial charge in [0, 0.05) is 43.7 Å². The van der Waals surface area contributed by atoms with Gasteiger partial charge in [-0.15, -0.1) is 0 Å². The quantitative estimate of drug-likeness (QED) is 0.198. The summed E-state index contributed by atoms with van der Waals surface area (Å²) in [6, 6.07) is 51.3. The van der Waals surface area contributed by atoms with Crippen molar-refractivity contribution in [3.8, 4) is 11.1 Å². The zero-order chi connectivity index (χ0) is 28.3. The first-order chi connectivity index (χ1) is 20.6. The predicted molar refractivity (Wildman–Crippen MR) is 176 cm³/mol. The van der Waals surface area contributed by atoms with Crippen LogP contribution < -0.4 is 30.6 Å². The van der Waals surface area contributed by atoms with E-state index in [1.165, 1.54) is 0 Å². The highest BCUT2D eigenvalue weighted by atomic mass is 31.2. The second-order valence-electron chi connectivity index (χ2n) is 10.5. The Morgan fingerprint density at radius 1 is 0.357 bits per heavy atom. The predicted octanol–water partition coefficient (Wildman–Crippen LogP) is 8.11. The molecule has 2 heterocycles. The third-order valence-electron chi connectivity index (χ3n) is 8.18. The highest BCUT2D eigenvalue weighted by Gasteiger charge is 2.51. The Morgan fingerprint density at radius 3 is 1.05 bits per heavy atom. The van der Waals surface area contributed by atoms with Crippen LogP contribution in [-0.2, 0) is 9.13 Å². The fourth-order valence-corrected chi connectivity index (χ4v) is 12.6. The summed E-state index contributed by atoms with van der Waals surface area (Å²) in [5, 5.41) is 2.99. The fourth-order valence-electron chi connectivity index (χ4n) is 6.46. The molecule has 0 saturated carbocycles. The van der Waals surface area contributed by atoms with Gasteiger partial charge >= 0.3 is 0 Å². The standard InChI is InChI=1S/C36H26N2O2P2/c39-41(29-19-9-3-10-20-29)33-25-14-24-32-36(33)35-31(37(41)27-15-5-1-6-16-27)23-13-26-34(35)42(40,30-21-11-4-12-22-30)38(32)28-17-7-2-8-18-28/h1-26H. The van der Waals surface area contributed by atoms with Crippen LogP contribution in [0.5, 0.6) is 0 Å². The monoisotopic (exact) mass is 580 g/mol. The minimum absolute atomic E-state index is 0.746. The maximum absolute atomic E-state index is 16.0. The number of nitrogens with zero attached hydrogens (tertiary/aromatic N) is 2. The lowest BCUT2D eigenvalue weighted by Gasteiger charge is -2.47. The molecule has 0 aromatic heterocycles. The van der Waals surface area contributed by atoms with Gasteiger partial charge in [-0.25, -0.2) is 0 Å². The van der Waals surface area contributed by atoms with E-state index in [-0.39, 0.29) is 0 Å². The summed E-state index contributed by atoms with van der Waals surface area (Å²) >= 11 is 0. The Bertz CT molecular complexity index is 1900.